The highest BCUT2D eigenvalue weighted by Crippen LogP contribution is 2.32. The van der Waals surface area contributed by atoms with Gasteiger partial charge >= 0.3 is 0 Å². The third kappa shape index (κ3) is 3.24. The first-order valence-electron chi connectivity index (χ1n) is 7.54. The van der Waals surface area contributed by atoms with Crippen LogP contribution in [0, 0.1) is 6.92 Å². The largest absolute Gasteiger partial charge is 0.485 e. The molecule has 0 saturated heterocycles. The Morgan fingerprint density at radius 2 is 2.33 bits per heavy atom. The van der Waals surface area contributed by atoms with Crippen molar-refractivity contribution in [3.05, 3.63) is 41.0 Å². The lowest BCUT2D eigenvalue weighted by molar-refractivity contribution is 0.285. The molecule has 5 nitrogen and oxygen atoms in total. The molecule has 0 radical (unpaired) electrons. The van der Waals surface area contributed by atoms with E-state index in [-0.39, 0.29) is 0 Å². The number of nitrogens with zero attached hydrogens (tertiary/aromatic N) is 2. The van der Waals surface area contributed by atoms with E-state index in [1.807, 2.05) is 6.07 Å². The van der Waals surface area contributed by atoms with Gasteiger partial charge in [0, 0.05) is 13.0 Å². The molecule has 5 heteroatoms. The summed E-state index contributed by atoms with van der Waals surface area (Å²) in [6.45, 7) is 5.27. The molecule has 0 saturated carbocycles. The lowest BCUT2D eigenvalue weighted by Crippen LogP contribution is -2.24. The summed E-state index contributed by atoms with van der Waals surface area (Å²) in [5.41, 5.74) is 2.79. The summed E-state index contributed by atoms with van der Waals surface area (Å²) < 4.78 is 10.7. The Labute approximate surface area is 124 Å². The van der Waals surface area contributed by atoms with Crippen molar-refractivity contribution in [2.24, 2.45) is 0 Å². The Morgan fingerprint density at radius 1 is 1.43 bits per heavy atom. The lowest BCUT2D eigenvalue weighted by Gasteiger charge is -2.26. The number of fused-ring (bicyclic) bond motifs is 1. The van der Waals surface area contributed by atoms with Gasteiger partial charge in [-0.1, -0.05) is 18.1 Å². The molecule has 21 heavy (non-hydrogen) atoms. The average Bonchev–Trinajstić information content (AvgIpc) is 2.91. The number of hydrogen-bond acceptors (Lipinski definition) is 5. The van der Waals surface area contributed by atoms with Crippen LogP contribution in [0.2, 0.25) is 0 Å². The average molecular weight is 287 g/mol. The number of aromatic nitrogens is 2. The minimum absolute atomic E-state index is 0.340. The van der Waals surface area contributed by atoms with Crippen molar-refractivity contribution in [2.75, 3.05) is 6.54 Å². The molecule has 0 bridgehead atoms. The first-order chi connectivity index (χ1) is 10.3. The maximum atomic E-state index is 5.76. The molecule has 3 rings (SSSR count). The fourth-order valence-corrected chi connectivity index (χ4v) is 2.89. The predicted octanol–water partition coefficient (Wildman–Crippen LogP) is 2.94. The molecule has 2 aromatic rings. The minimum Gasteiger partial charge on any atom is -0.485 e. The second-order valence-electron chi connectivity index (χ2n) is 5.38. The molecule has 1 atom stereocenters. The zero-order chi connectivity index (χ0) is 14.7. The van der Waals surface area contributed by atoms with Crippen LogP contribution in [-0.4, -0.2) is 16.7 Å². The Bertz CT molecular complexity index is 609. The smallest absolute Gasteiger partial charge is 0.223 e. The number of ether oxygens (including phenoxy) is 1. The van der Waals surface area contributed by atoms with Gasteiger partial charge in [0.15, 0.2) is 6.61 Å². The van der Waals surface area contributed by atoms with Crippen LogP contribution in [0.5, 0.6) is 5.75 Å². The molecular formula is C16H21N3O2. The normalized spacial score (nSPS) is 17.5. The van der Waals surface area contributed by atoms with Crippen molar-refractivity contribution < 1.29 is 9.26 Å². The minimum atomic E-state index is 0.340. The van der Waals surface area contributed by atoms with E-state index in [4.69, 9.17) is 9.26 Å². The number of aryl methyl sites for hydroxylation is 2. The molecule has 1 aliphatic carbocycles. The number of rotatable bonds is 5. The van der Waals surface area contributed by atoms with Crippen LogP contribution in [0.1, 0.15) is 48.6 Å². The van der Waals surface area contributed by atoms with Crippen molar-refractivity contribution in [3.63, 3.8) is 0 Å². The maximum absolute atomic E-state index is 5.76. The summed E-state index contributed by atoms with van der Waals surface area (Å²) in [7, 11) is 0. The summed E-state index contributed by atoms with van der Waals surface area (Å²) in [6, 6.07) is 6.83. The highest BCUT2D eigenvalue weighted by Gasteiger charge is 2.19. The Morgan fingerprint density at radius 3 is 3.10 bits per heavy atom. The van der Waals surface area contributed by atoms with Crippen molar-refractivity contribution >= 4 is 0 Å². The van der Waals surface area contributed by atoms with Gasteiger partial charge in [-0.05, 0) is 49.1 Å². The van der Waals surface area contributed by atoms with Crippen LogP contribution >= 0.6 is 0 Å². The topological polar surface area (TPSA) is 60.2 Å². The first-order valence-corrected chi connectivity index (χ1v) is 7.54. The van der Waals surface area contributed by atoms with Gasteiger partial charge < -0.3 is 14.6 Å². The molecule has 1 aliphatic rings. The summed E-state index contributed by atoms with van der Waals surface area (Å²) in [5.74, 6) is 2.01. The monoisotopic (exact) mass is 287 g/mol. The highest BCUT2D eigenvalue weighted by molar-refractivity contribution is 5.39. The van der Waals surface area contributed by atoms with Gasteiger partial charge in [-0.2, -0.15) is 4.98 Å². The number of hydrogen-bond donors (Lipinski definition) is 1. The number of nitrogens with one attached hydrogen (secondary N) is 1. The second kappa shape index (κ2) is 6.26. The van der Waals surface area contributed by atoms with Crippen LogP contribution in [0.4, 0.5) is 0 Å². The van der Waals surface area contributed by atoms with Gasteiger partial charge in [0.05, 0.1) is 0 Å². The van der Waals surface area contributed by atoms with E-state index < -0.39 is 0 Å². The Kier molecular flexibility index (Phi) is 4.20. The van der Waals surface area contributed by atoms with Crippen molar-refractivity contribution in [3.8, 4) is 5.75 Å². The fraction of sp³-hybridized carbons (Fsp3) is 0.500. The van der Waals surface area contributed by atoms with Gasteiger partial charge in [0.25, 0.3) is 0 Å². The van der Waals surface area contributed by atoms with Crippen LogP contribution < -0.4 is 10.1 Å². The third-order valence-corrected chi connectivity index (χ3v) is 3.82. The molecule has 0 fully saturated rings. The molecule has 0 amide bonds. The summed E-state index contributed by atoms with van der Waals surface area (Å²) in [4.78, 5) is 4.14. The van der Waals surface area contributed by atoms with Gasteiger partial charge in [0.2, 0.25) is 11.7 Å². The SMILES string of the molecule is CCNC1CCCc2cc(OCc3noc(C)n3)ccc21. The molecule has 1 heterocycles. The van der Waals surface area contributed by atoms with Crippen LogP contribution in [0.15, 0.2) is 22.7 Å². The Balaban J connectivity index is 1.70. The van der Waals surface area contributed by atoms with Gasteiger partial charge in [-0.25, -0.2) is 0 Å². The van der Waals surface area contributed by atoms with E-state index in [1.54, 1.807) is 6.92 Å². The van der Waals surface area contributed by atoms with E-state index in [1.165, 1.54) is 24.0 Å². The van der Waals surface area contributed by atoms with E-state index in [9.17, 15) is 0 Å². The van der Waals surface area contributed by atoms with Gasteiger partial charge in [-0.3, -0.25) is 0 Å². The van der Waals surface area contributed by atoms with Crippen LogP contribution in [0.25, 0.3) is 0 Å². The molecule has 0 spiro atoms. The zero-order valence-corrected chi connectivity index (χ0v) is 12.6. The molecule has 1 N–H and O–H groups in total. The van der Waals surface area contributed by atoms with E-state index >= 15 is 0 Å². The van der Waals surface area contributed by atoms with Crippen LogP contribution in [-0.2, 0) is 13.0 Å². The predicted molar refractivity (Wildman–Crippen MR) is 79.2 cm³/mol. The Hall–Kier alpha value is -1.88. The summed E-state index contributed by atoms with van der Waals surface area (Å²) in [6.07, 6.45) is 3.55. The quantitative estimate of drug-likeness (QED) is 0.916. The van der Waals surface area contributed by atoms with Gasteiger partial charge in [0.1, 0.15) is 5.75 Å². The molecule has 112 valence electrons. The fourth-order valence-electron chi connectivity index (χ4n) is 2.89. The number of benzene rings is 1. The van der Waals surface area contributed by atoms with Gasteiger partial charge in [-0.15, -0.1) is 0 Å². The molecule has 1 unspecified atom stereocenters. The van der Waals surface area contributed by atoms with Crippen molar-refractivity contribution in [1.82, 2.24) is 15.5 Å². The van der Waals surface area contributed by atoms with Crippen molar-refractivity contribution in [2.45, 2.75) is 45.8 Å². The van der Waals surface area contributed by atoms with E-state index in [0.29, 0.717) is 24.4 Å². The van der Waals surface area contributed by atoms with Crippen LogP contribution in [0.3, 0.4) is 0 Å². The first kappa shape index (κ1) is 14.1. The zero-order valence-electron chi connectivity index (χ0n) is 12.6. The second-order valence-corrected chi connectivity index (χ2v) is 5.38. The molecule has 1 aromatic carbocycles. The van der Waals surface area contributed by atoms with E-state index in [0.717, 1.165) is 18.7 Å². The summed E-state index contributed by atoms with van der Waals surface area (Å²) >= 11 is 0. The van der Waals surface area contributed by atoms with E-state index in [2.05, 4.69) is 34.5 Å². The summed E-state index contributed by atoms with van der Waals surface area (Å²) in [5, 5.41) is 7.38. The third-order valence-electron chi connectivity index (χ3n) is 3.82. The van der Waals surface area contributed by atoms with Crippen molar-refractivity contribution in [1.29, 1.82) is 0 Å². The standard InChI is InChI=1S/C16H21N3O2/c1-3-17-15-6-4-5-12-9-13(7-8-14(12)15)20-10-16-18-11(2)21-19-16/h7-9,15,17H,3-6,10H2,1-2H3. The lowest BCUT2D eigenvalue weighted by atomic mass is 9.87. The highest BCUT2D eigenvalue weighted by atomic mass is 16.5. The molecular weight excluding hydrogens is 266 g/mol. The maximum Gasteiger partial charge on any atom is 0.223 e. The molecule has 0 aliphatic heterocycles. The molecule has 1 aromatic heterocycles.